The minimum absolute atomic E-state index is 0.0524. The molecule has 382 valence electrons. The molecule has 2 aromatic carbocycles. The van der Waals surface area contributed by atoms with E-state index in [2.05, 4.69) is 31.1 Å². The average molecular weight is 1010 g/mol. The van der Waals surface area contributed by atoms with Crippen molar-refractivity contribution in [2.45, 2.75) is 102 Å². The fourth-order valence-electron chi connectivity index (χ4n) is 10.2. The van der Waals surface area contributed by atoms with Crippen LogP contribution in [0.5, 0.6) is 5.75 Å². The van der Waals surface area contributed by atoms with E-state index < -0.39 is 17.9 Å². The number of ether oxygens (including phenoxy) is 1. The topological polar surface area (TPSA) is 212 Å². The van der Waals surface area contributed by atoms with Gasteiger partial charge in [-0.2, -0.15) is 5.10 Å². The normalized spacial score (nSPS) is 18.2. The Labute approximate surface area is 426 Å². The minimum Gasteiger partial charge on any atom is -0.494 e. The van der Waals surface area contributed by atoms with Gasteiger partial charge in [-0.05, 0) is 95.2 Å². The monoisotopic (exact) mass is 1010 g/mol. The fourth-order valence-corrected chi connectivity index (χ4v) is 11.2. The molecule has 4 N–H and O–H groups in total. The number of rotatable bonds is 18. The zero-order chi connectivity index (χ0) is 50.6. The number of imidazole rings is 1. The molecule has 73 heavy (non-hydrogen) atoms. The fraction of sp³-hybridized carbons (Fsp3) is 0.453. The number of hydrogen-bond acceptors (Lipinski definition) is 13. The van der Waals surface area contributed by atoms with Crippen molar-refractivity contribution in [1.82, 2.24) is 54.9 Å². The molecule has 3 atom stereocenters. The number of fused-ring (bicyclic) bond motifs is 1. The van der Waals surface area contributed by atoms with E-state index in [1.807, 2.05) is 15.5 Å². The van der Waals surface area contributed by atoms with E-state index in [0.29, 0.717) is 78.5 Å². The highest BCUT2D eigenvalue weighted by molar-refractivity contribution is 7.10. The van der Waals surface area contributed by atoms with Crippen LogP contribution in [0.3, 0.4) is 0 Å². The first kappa shape index (κ1) is 49.5. The van der Waals surface area contributed by atoms with Gasteiger partial charge in [-0.3, -0.25) is 33.5 Å². The van der Waals surface area contributed by atoms with Gasteiger partial charge >= 0.3 is 0 Å². The van der Waals surface area contributed by atoms with Crippen molar-refractivity contribution >= 4 is 57.9 Å². The molecule has 4 aromatic heterocycles. The number of piperazine rings is 1. The Morgan fingerprint density at radius 3 is 2.47 bits per heavy atom. The Morgan fingerprint density at radius 1 is 0.904 bits per heavy atom. The summed E-state index contributed by atoms with van der Waals surface area (Å²) in [5.74, 6) is -0.181. The number of amides is 4. The van der Waals surface area contributed by atoms with Crippen LogP contribution < -0.4 is 20.7 Å². The first-order valence-electron chi connectivity index (χ1n) is 25.5. The maximum Gasteiger partial charge on any atom is 0.254 e. The first-order valence-corrected chi connectivity index (χ1v) is 26.4. The second kappa shape index (κ2) is 22.0. The van der Waals surface area contributed by atoms with Gasteiger partial charge in [0.25, 0.3) is 5.91 Å². The lowest BCUT2D eigenvalue weighted by Crippen LogP contribution is -2.55. The van der Waals surface area contributed by atoms with Crippen molar-refractivity contribution in [2.24, 2.45) is 5.92 Å². The number of nitrogens with one attached hydrogen (secondary N) is 4. The van der Waals surface area contributed by atoms with Gasteiger partial charge in [0.15, 0.2) is 11.5 Å². The maximum absolute atomic E-state index is 15.7. The lowest BCUT2D eigenvalue weighted by atomic mass is 9.83. The van der Waals surface area contributed by atoms with Gasteiger partial charge in [0.2, 0.25) is 23.5 Å². The number of halogens is 1. The molecule has 0 spiro atoms. The molecular weight excluding hydrogens is 952 g/mol. The summed E-state index contributed by atoms with van der Waals surface area (Å²) in [4.78, 5) is 87.2. The number of thiazole rings is 1. The zero-order valence-corrected chi connectivity index (χ0v) is 42.0. The van der Waals surface area contributed by atoms with Gasteiger partial charge in [0.1, 0.15) is 28.3 Å². The molecule has 2 saturated carbocycles. The van der Waals surface area contributed by atoms with Crippen LogP contribution in [0.1, 0.15) is 127 Å². The molecule has 4 aliphatic rings. The lowest BCUT2D eigenvalue weighted by Gasteiger charge is -2.35. The van der Waals surface area contributed by atoms with Crippen LogP contribution >= 0.6 is 11.3 Å². The Balaban J connectivity index is 0.686. The number of ketones is 1. The number of aromatic amines is 1. The highest BCUT2D eigenvalue weighted by Gasteiger charge is 2.40. The Hall–Kier alpha value is -7.06. The smallest absolute Gasteiger partial charge is 0.254 e. The molecule has 10 rings (SSSR count). The Morgan fingerprint density at radius 2 is 1.71 bits per heavy atom. The van der Waals surface area contributed by atoms with E-state index in [9.17, 15) is 24.0 Å². The van der Waals surface area contributed by atoms with Crippen LogP contribution in [-0.4, -0.2) is 132 Å². The number of likely N-dealkylation sites (N-methyl/N-ethyl adjacent to an activating group) is 1. The minimum atomic E-state index is -0.604. The largest absolute Gasteiger partial charge is 0.494 e. The van der Waals surface area contributed by atoms with Crippen molar-refractivity contribution in [3.8, 4) is 17.0 Å². The van der Waals surface area contributed by atoms with Gasteiger partial charge < -0.3 is 35.4 Å². The third-order valence-electron chi connectivity index (χ3n) is 14.7. The van der Waals surface area contributed by atoms with Crippen LogP contribution in [0.15, 0.2) is 72.6 Å². The van der Waals surface area contributed by atoms with Crippen LogP contribution in [-0.2, 0) is 14.4 Å². The lowest BCUT2D eigenvalue weighted by molar-refractivity contribution is -0.139. The van der Waals surface area contributed by atoms with Crippen molar-refractivity contribution in [3.63, 3.8) is 0 Å². The summed E-state index contributed by atoms with van der Waals surface area (Å²) in [7, 11) is 1.73. The van der Waals surface area contributed by atoms with Crippen LogP contribution in [0.25, 0.3) is 16.9 Å². The molecule has 2 aliphatic carbocycles. The molecule has 0 radical (unpaired) electrons. The molecule has 6 aromatic rings. The molecule has 0 bridgehead atoms. The number of aromatic nitrogens is 6. The number of likely N-dealkylation sites (tertiary alicyclic amines) is 1. The molecule has 2 saturated heterocycles. The molecule has 2 aliphatic heterocycles. The molecular formula is C53H61FN12O6S. The third-order valence-corrected chi connectivity index (χ3v) is 15.6. The van der Waals surface area contributed by atoms with Gasteiger partial charge in [-0.1, -0.05) is 31.4 Å². The van der Waals surface area contributed by atoms with Crippen molar-refractivity contribution in [2.75, 3.05) is 51.7 Å². The van der Waals surface area contributed by atoms with E-state index >= 15 is 4.39 Å². The van der Waals surface area contributed by atoms with E-state index in [0.717, 1.165) is 74.7 Å². The van der Waals surface area contributed by atoms with Crippen LogP contribution in [0.4, 0.5) is 15.9 Å². The molecule has 20 heteroatoms. The second-order valence-corrected chi connectivity index (χ2v) is 20.5. The van der Waals surface area contributed by atoms with Crippen molar-refractivity contribution < 1.29 is 33.1 Å². The third kappa shape index (κ3) is 11.0. The first-order chi connectivity index (χ1) is 35.5. The SMILES string of the molecule is CN[C@@H](C)C(=O)NC(C(=O)N1CCC[C@H]1c1nc(C(=O)c2cccc(OCCCC(=O)N3CCN(C(=O)c4ccc(Nc5nc(C6CC6)cn6c(-c7cn[nH]c7)cnc56)c(F)c4)CC3)c2)cs1)C1CCCCC1. The van der Waals surface area contributed by atoms with Gasteiger partial charge in [-0.25, -0.2) is 19.3 Å². The predicted octanol–water partition coefficient (Wildman–Crippen LogP) is 7.05. The predicted molar refractivity (Wildman–Crippen MR) is 272 cm³/mol. The summed E-state index contributed by atoms with van der Waals surface area (Å²) in [6.45, 7) is 3.93. The molecule has 6 heterocycles. The van der Waals surface area contributed by atoms with E-state index in [1.54, 1.807) is 78.1 Å². The standard InChI is InChI=1S/C53H61FN12O6S/c1-32(55-2)50(69)62-46(34-9-4-3-5-10-34)53(71)65-19-7-13-43(65)51-61-42(31-73-51)47(68)35-11-6-12-38(25-35)72-24-8-14-45(67)63-20-22-64(23-21-63)52(70)36-17-18-40(39(54)26-36)59-48-49-56-29-44(37-27-57-58-28-37)66(49)30-41(60-48)33-15-16-33/h6,11-12,17-18,25-34,43,46,55H,3-5,7-10,13-16,19-24H2,1-2H3,(H,57,58)(H,59,60)(H,62,69)/t32-,43-,46?/m0/s1. The van der Waals surface area contributed by atoms with Gasteiger partial charge in [-0.15, -0.1) is 11.3 Å². The average Bonchev–Trinajstić information content (AvgIpc) is 3.86. The summed E-state index contributed by atoms with van der Waals surface area (Å²) in [6.07, 6.45) is 16.5. The van der Waals surface area contributed by atoms with Crippen LogP contribution in [0, 0.1) is 11.7 Å². The Bertz CT molecular complexity index is 2980. The summed E-state index contributed by atoms with van der Waals surface area (Å²) in [5.41, 5.74) is 4.21. The second-order valence-electron chi connectivity index (χ2n) is 19.6. The molecule has 4 amide bonds. The number of hydrogen-bond donors (Lipinski definition) is 4. The van der Waals surface area contributed by atoms with E-state index in [1.165, 1.54) is 23.5 Å². The quantitative estimate of drug-likeness (QED) is 0.0504. The summed E-state index contributed by atoms with van der Waals surface area (Å²) in [5, 5.41) is 18.5. The van der Waals surface area contributed by atoms with Crippen molar-refractivity contribution in [1.29, 1.82) is 0 Å². The zero-order valence-electron chi connectivity index (χ0n) is 41.1. The summed E-state index contributed by atoms with van der Waals surface area (Å²) in [6, 6.07) is 9.96. The van der Waals surface area contributed by atoms with Gasteiger partial charge in [0.05, 0.1) is 48.2 Å². The van der Waals surface area contributed by atoms with E-state index in [-0.39, 0.29) is 65.7 Å². The van der Waals surface area contributed by atoms with E-state index in [4.69, 9.17) is 14.7 Å². The molecule has 4 fully saturated rings. The Kier molecular flexibility index (Phi) is 14.9. The summed E-state index contributed by atoms with van der Waals surface area (Å²) >= 11 is 1.37. The molecule has 18 nitrogen and oxygen atoms in total. The van der Waals surface area contributed by atoms with Gasteiger partial charge in [0, 0.05) is 79.5 Å². The van der Waals surface area contributed by atoms with Crippen LogP contribution in [0.2, 0.25) is 0 Å². The highest BCUT2D eigenvalue weighted by Crippen LogP contribution is 2.41. The number of anilines is 2. The maximum atomic E-state index is 15.7. The number of carbonyl (C=O) groups is 5. The highest BCUT2D eigenvalue weighted by atomic mass is 32.1. The summed E-state index contributed by atoms with van der Waals surface area (Å²) < 4.78 is 23.6. The van der Waals surface area contributed by atoms with Crippen molar-refractivity contribution in [3.05, 3.63) is 106 Å². The molecule has 1 unspecified atom stereocenters. The number of nitrogens with zero attached hydrogens (tertiary/aromatic N) is 8. The number of H-pyrrole nitrogens is 1. The number of carbonyl (C=O) groups excluding carboxylic acids is 5. The number of benzene rings is 2.